The van der Waals surface area contributed by atoms with Gasteiger partial charge in [0.15, 0.2) is 0 Å². The predicted octanol–water partition coefficient (Wildman–Crippen LogP) is 2.39. The maximum atomic E-state index is 12.4. The average molecular weight is 408 g/mol. The average Bonchev–Trinajstić information content (AvgIpc) is 2.73. The maximum Gasteiger partial charge on any atom is 0.242 e. The van der Waals surface area contributed by atoms with E-state index in [4.69, 9.17) is 10.5 Å². The number of carbonyl (C=O) groups excluding carboxylic acids is 1. The summed E-state index contributed by atoms with van der Waals surface area (Å²) in [6.45, 7) is 7.82. The van der Waals surface area contributed by atoms with E-state index >= 15 is 0 Å². The molecule has 156 valence electrons. The van der Waals surface area contributed by atoms with Gasteiger partial charge in [-0.25, -0.2) is 9.97 Å². The van der Waals surface area contributed by atoms with Gasteiger partial charge in [-0.3, -0.25) is 4.79 Å². The largest absolute Gasteiger partial charge is 0.508 e. The summed E-state index contributed by atoms with van der Waals surface area (Å²) in [5.41, 5.74) is 8.12. The highest BCUT2D eigenvalue weighted by Crippen LogP contribution is 2.38. The van der Waals surface area contributed by atoms with Crippen molar-refractivity contribution < 1.29 is 14.6 Å². The number of phenolic OH excluding ortho intramolecular Hbond substituents is 1. The van der Waals surface area contributed by atoms with Crippen LogP contribution in [-0.4, -0.2) is 57.0 Å². The summed E-state index contributed by atoms with van der Waals surface area (Å²) in [6, 6.07) is 5.18. The van der Waals surface area contributed by atoms with Crippen molar-refractivity contribution in [2.75, 3.05) is 36.8 Å². The molecule has 0 atom stereocenters. The maximum absolute atomic E-state index is 12.4. The van der Waals surface area contributed by atoms with Gasteiger partial charge in [0.1, 0.15) is 34.8 Å². The van der Waals surface area contributed by atoms with Crippen molar-refractivity contribution >= 4 is 28.4 Å². The molecule has 0 radical (unpaired) electrons. The van der Waals surface area contributed by atoms with Crippen molar-refractivity contribution in [3.63, 3.8) is 0 Å². The Labute approximate surface area is 174 Å². The van der Waals surface area contributed by atoms with E-state index in [1.807, 2.05) is 23.6 Å². The SMILES string of the molecule is CCN1CCN(c2cc3ncnc(N)c3c(Oc3c(C)ccc(O)c3C)n2)CC1=O. The fourth-order valence-corrected chi connectivity index (χ4v) is 3.60. The number of hydrogen-bond donors (Lipinski definition) is 2. The molecule has 1 aliphatic heterocycles. The first-order valence-corrected chi connectivity index (χ1v) is 9.80. The molecule has 1 aliphatic rings. The standard InChI is InChI=1S/C21H24N6O3/c1-4-26-7-8-27(10-17(26)29)16-9-14-18(20(22)24-11-23-14)21(25-16)30-19-12(2)5-6-15(28)13(19)3/h5-6,9,11,28H,4,7-8,10H2,1-3H3,(H2,22,23,24). The number of nitrogens with zero attached hydrogens (tertiary/aromatic N) is 5. The first-order valence-electron chi connectivity index (χ1n) is 9.80. The molecule has 1 saturated heterocycles. The van der Waals surface area contributed by atoms with Crippen molar-refractivity contribution in [2.24, 2.45) is 0 Å². The van der Waals surface area contributed by atoms with Gasteiger partial charge in [0.2, 0.25) is 11.8 Å². The van der Waals surface area contributed by atoms with E-state index in [1.165, 1.54) is 6.33 Å². The summed E-state index contributed by atoms with van der Waals surface area (Å²) in [4.78, 5) is 29.2. The first-order chi connectivity index (χ1) is 14.4. The van der Waals surface area contributed by atoms with Crippen molar-refractivity contribution in [1.29, 1.82) is 0 Å². The molecule has 3 aromatic rings. The molecule has 0 aliphatic carbocycles. The number of aromatic nitrogens is 3. The highest BCUT2D eigenvalue weighted by atomic mass is 16.5. The second kappa shape index (κ2) is 7.66. The number of hydrogen-bond acceptors (Lipinski definition) is 8. The Hall–Kier alpha value is -3.62. The molecule has 1 fully saturated rings. The summed E-state index contributed by atoms with van der Waals surface area (Å²) < 4.78 is 6.16. The van der Waals surface area contributed by atoms with Crippen LogP contribution in [0.3, 0.4) is 0 Å². The number of amides is 1. The minimum Gasteiger partial charge on any atom is -0.508 e. The number of carbonyl (C=O) groups is 1. The quantitative estimate of drug-likeness (QED) is 0.676. The van der Waals surface area contributed by atoms with E-state index in [0.717, 1.165) is 5.56 Å². The van der Waals surface area contributed by atoms with Crippen molar-refractivity contribution in [3.05, 3.63) is 35.7 Å². The Balaban J connectivity index is 1.81. The zero-order valence-corrected chi connectivity index (χ0v) is 17.2. The van der Waals surface area contributed by atoms with Gasteiger partial charge >= 0.3 is 0 Å². The van der Waals surface area contributed by atoms with Crippen LogP contribution in [0.2, 0.25) is 0 Å². The van der Waals surface area contributed by atoms with Gasteiger partial charge < -0.3 is 25.4 Å². The summed E-state index contributed by atoms with van der Waals surface area (Å²) in [7, 11) is 0. The summed E-state index contributed by atoms with van der Waals surface area (Å²) in [5, 5.41) is 10.6. The highest BCUT2D eigenvalue weighted by Gasteiger charge is 2.25. The molecule has 0 saturated carbocycles. The molecule has 1 aromatic carbocycles. The third-order valence-corrected chi connectivity index (χ3v) is 5.40. The zero-order valence-electron chi connectivity index (χ0n) is 17.2. The second-order valence-corrected chi connectivity index (χ2v) is 7.29. The Morgan fingerprint density at radius 3 is 2.77 bits per heavy atom. The van der Waals surface area contributed by atoms with E-state index in [0.29, 0.717) is 47.7 Å². The van der Waals surface area contributed by atoms with Gasteiger partial charge in [-0.15, -0.1) is 0 Å². The fraction of sp³-hybridized carbons (Fsp3) is 0.333. The molecule has 0 bridgehead atoms. The van der Waals surface area contributed by atoms with Crippen molar-refractivity contribution in [1.82, 2.24) is 19.9 Å². The van der Waals surface area contributed by atoms with Crippen LogP contribution in [0.4, 0.5) is 11.6 Å². The molecule has 9 nitrogen and oxygen atoms in total. The van der Waals surface area contributed by atoms with E-state index in [-0.39, 0.29) is 29.9 Å². The minimum absolute atomic E-state index is 0.0509. The molecular formula is C21H24N6O3. The molecule has 0 spiro atoms. The third kappa shape index (κ3) is 3.42. The molecule has 2 aromatic heterocycles. The lowest BCUT2D eigenvalue weighted by Crippen LogP contribution is -2.50. The molecule has 3 N–H and O–H groups in total. The van der Waals surface area contributed by atoms with Crippen LogP contribution in [-0.2, 0) is 4.79 Å². The number of ether oxygens (including phenoxy) is 1. The van der Waals surface area contributed by atoms with Gasteiger partial charge in [0.25, 0.3) is 0 Å². The normalized spacial score (nSPS) is 14.4. The van der Waals surface area contributed by atoms with Crippen LogP contribution in [0.15, 0.2) is 24.5 Å². The number of likely N-dealkylation sites (N-methyl/N-ethyl adjacent to an activating group) is 1. The van der Waals surface area contributed by atoms with Gasteiger partial charge in [-0.2, -0.15) is 4.98 Å². The molecular weight excluding hydrogens is 384 g/mol. The third-order valence-electron chi connectivity index (χ3n) is 5.40. The molecule has 3 heterocycles. The number of nitrogen functional groups attached to an aromatic ring is 1. The number of aryl methyl sites for hydroxylation is 1. The number of anilines is 2. The van der Waals surface area contributed by atoms with Crippen LogP contribution in [0, 0.1) is 13.8 Å². The van der Waals surface area contributed by atoms with Crippen LogP contribution < -0.4 is 15.4 Å². The molecule has 4 rings (SSSR count). The predicted molar refractivity (Wildman–Crippen MR) is 114 cm³/mol. The number of fused-ring (bicyclic) bond motifs is 1. The van der Waals surface area contributed by atoms with E-state index < -0.39 is 0 Å². The van der Waals surface area contributed by atoms with Crippen molar-refractivity contribution in [2.45, 2.75) is 20.8 Å². The van der Waals surface area contributed by atoms with Crippen LogP contribution in [0.25, 0.3) is 10.9 Å². The monoisotopic (exact) mass is 408 g/mol. The van der Waals surface area contributed by atoms with Gasteiger partial charge in [-0.05, 0) is 32.4 Å². The summed E-state index contributed by atoms with van der Waals surface area (Å²) in [6.07, 6.45) is 1.39. The lowest BCUT2D eigenvalue weighted by Gasteiger charge is -2.34. The number of phenols is 1. The Bertz CT molecular complexity index is 1130. The number of rotatable bonds is 4. The number of aromatic hydroxyl groups is 1. The smallest absolute Gasteiger partial charge is 0.242 e. The van der Waals surface area contributed by atoms with Gasteiger partial charge in [-0.1, -0.05) is 6.07 Å². The van der Waals surface area contributed by atoms with Crippen molar-refractivity contribution in [3.8, 4) is 17.4 Å². The minimum atomic E-state index is 0.0509. The molecule has 1 amide bonds. The number of pyridine rings is 1. The lowest BCUT2D eigenvalue weighted by molar-refractivity contribution is -0.130. The number of piperazine rings is 1. The van der Waals surface area contributed by atoms with E-state index in [1.54, 1.807) is 25.1 Å². The van der Waals surface area contributed by atoms with Gasteiger partial charge in [0, 0.05) is 31.3 Å². The van der Waals surface area contributed by atoms with Crippen LogP contribution in [0.1, 0.15) is 18.1 Å². The fourth-order valence-electron chi connectivity index (χ4n) is 3.60. The Kier molecular flexibility index (Phi) is 5.03. The topological polar surface area (TPSA) is 118 Å². The molecule has 0 unspecified atom stereocenters. The molecule has 30 heavy (non-hydrogen) atoms. The van der Waals surface area contributed by atoms with Gasteiger partial charge in [0.05, 0.1) is 12.1 Å². The van der Waals surface area contributed by atoms with Crippen LogP contribution >= 0.6 is 0 Å². The molecule has 9 heteroatoms. The first kappa shape index (κ1) is 19.7. The zero-order chi connectivity index (χ0) is 21.4. The highest BCUT2D eigenvalue weighted by molar-refractivity contribution is 5.94. The number of benzene rings is 1. The summed E-state index contributed by atoms with van der Waals surface area (Å²) >= 11 is 0. The lowest BCUT2D eigenvalue weighted by atomic mass is 10.1. The Morgan fingerprint density at radius 2 is 2.03 bits per heavy atom. The summed E-state index contributed by atoms with van der Waals surface area (Å²) in [5.74, 6) is 1.74. The Morgan fingerprint density at radius 1 is 1.23 bits per heavy atom. The van der Waals surface area contributed by atoms with E-state index in [9.17, 15) is 9.90 Å². The van der Waals surface area contributed by atoms with Crippen LogP contribution in [0.5, 0.6) is 17.4 Å². The second-order valence-electron chi connectivity index (χ2n) is 7.29. The number of nitrogens with two attached hydrogens (primary N) is 1. The van der Waals surface area contributed by atoms with E-state index in [2.05, 4.69) is 15.0 Å².